The zero-order chi connectivity index (χ0) is 44.4. The highest BCUT2D eigenvalue weighted by Gasteiger charge is 2.44. The highest BCUT2D eigenvalue weighted by atomic mass is 16.7. The Hall–Kier alpha value is -1.07. The van der Waals surface area contributed by atoms with Crippen LogP contribution < -0.4 is 5.32 Å². The lowest BCUT2D eigenvalue weighted by Crippen LogP contribution is -2.60. The van der Waals surface area contributed by atoms with Crippen LogP contribution in [0.1, 0.15) is 258 Å². The number of hydrogen-bond acceptors (Lipinski definition) is 8. The summed E-state index contributed by atoms with van der Waals surface area (Å²) < 4.78 is 11.2. The van der Waals surface area contributed by atoms with Crippen molar-refractivity contribution in [3.63, 3.8) is 0 Å². The quantitative estimate of drug-likeness (QED) is 0.0262. The number of nitrogens with one attached hydrogen (secondary N) is 1. The van der Waals surface area contributed by atoms with Crippen LogP contribution in [0.5, 0.6) is 0 Å². The van der Waals surface area contributed by atoms with Crippen molar-refractivity contribution >= 4 is 5.91 Å². The number of ether oxygens (including phenoxy) is 2. The van der Waals surface area contributed by atoms with E-state index in [4.69, 9.17) is 9.47 Å². The minimum atomic E-state index is -1.56. The van der Waals surface area contributed by atoms with Crippen LogP contribution in [0.4, 0.5) is 0 Å². The van der Waals surface area contributed by atoms with E-state index in [1.165, 1.54) is 199 Å². The van der Waals surface area contributed by atoms with Gasteiger partial charge in [-0.15, -0.1) is 0 Å². The maximum Gasteiger partial charge on any atom is 0.220 e. The van der Waals surface area contributed by atoms with E-state index in [1.54, 1.807) is 6.08 Å². The molecule has 0 spiro atoms. The van der Waals surface area contributed by atoms with Gasteiger partial charge in [0.05, 0.1) is 25.4 Å². The molecule has 1 fully saturated rings. The summed E-state index contributed by atoms with van der Waals surface area (Å²) in [5.74, 6) is -0.176. The molecule has 61 heavy (non-hydrogen) atoms. The lowest BCUT2D eigenvalue weighted by molar-refractivity contribution is -0.302. The molecule has 0 aliphatic carbocycles. The molecule has 0 aromatic heterocycles. The number of aliphatic hydroxyl groups is 5. The van der Waals surface area contributed by atoms with Gasteiger partial charge in [-0.25, -0.2) is 0 Å². The third-order valence-corrected chi connectivity index (χ3v) is 12.9. The molecule has 0 aromatic rings. The van der Waals surface area contributed by atoms with Crippen LogP contribution >= 0.6 is 0 Å². The molecule has 1 heterocycles. The van der Waals surface area contributed by atoms with Crippen LogP contribution in [0.15, 0.2) is 12.2 Å². The van der Waals surface area contributed by atoms with E-state index in [2.05, 4.69) is 19.2 Å². The minimum Gasteiger partial charge on any atom is -0.394 e. The summed E-state index contributed by atoms with van der Waals surface area (Å²) in [6.45, 7) is 3.73. The van der Waals surface area contributed by atoms with Crippen LogP contribution in [0.3, 0.4) is 0 Å². The lowest BCUT2D eigenvalue weighted by atomic mass is 9.99. The number of carbonyl (C=O) groups excluding carboxylic acids is 1. The number of aliphatic hydroxyl groups excluding tert-OH is 5. The first-order valence-electron chi connectivity index (χ1n) is 26.4. The van der Waals surface area contributed by atoms with Crippen LogP contribution in [0, 0.1) is 0 Å². The van der Waals surface area contributed by atoms with Gasteiger partial charge in [0.1, 0.15) is 24.4 Å². The number of amides is 1. The zero-order valence-corrected chi connectivity index (χ0v) is 39.9. The molecule has 9 heteroatoms. The Morgan fingerprint density at radius 2 is 0.902 bits per heavy atom. The van der Waals surface area contributed by atoms with E-state index in [0.717, 1.165) is 38.5 Å². The van der Waals surface area contributed by atoms with Crippen molar-refractivity contribution in [3.8, 4) is 0 Å². The summed E-state index contributed by atoms with van der Waals surface area (Å²) in [6, 6.07) is -0.797. The maximum atomic E-state index is 12.9. The Balaban J connectivity index is 2.04. The second kappa shape index (κ2) is 42.9. The topological polar surface area (TPSA) is 149 Å². The average molecular weight is 868 g/mol. The third-order valence-electron chi connectivity index (χ3n) is 12.9. The molecule has 1 saturated heterocycles. The molecule has 1 aliphatic heterocycles. The highest BCUT2D eigenvalue weighted by Crippen LogP contribution is 2.23. The van der Waals surface area contributed by atoms with E-state index < -0.39 is 49.5 Å². The first-order valence-corrected chi connectivity index (χ1v) is 26.4. The molecule has 1 amide bonds. The van der Waals surface area contributed by atoms with E-state index in [1.807, 2.05) is 6.08 Å². The predicted octanol–water partition coefficient (Wildman–Crippen LogP) is 12.1. The molecule has 7 unspecified atom stereocenters. The molecule has 362 valence electrons. The fourth-order valence-corrected chi connectivity index (χ4v) is 8.63. The highest BCUT2D eigenvalue weighted by molar-refractivity contribution is 5.76. The summed E-state index contributed by atoms with van der Waals surface area (Å²) in [5, 5.41) is 54.0. The van der Waals surface area contributed by atoms with Gasteiger partial charge in [0.15, 0.2) is 6.29 Å². The summed E-state index contributed by atoms with van der Waals surface area (Å²) in [6.07, 6.45) is 44.7. The van der Waals surface area contributed by atoms with Crippen molar-refractivity contribution in [2.75, 3.05) is 13.2 Å². The molecular formula is C52H101NO8. The number of rotatable bonds is 45. The molecule has 6 N–H and O–H groups in total. The van der Waals surface area contributed by atoms with E-state index in [-0.39, 0.29) is 12.5 Å². The van der Waals surface area contributed by atoms with E-state index >= 15 is 0 Å². The molecule has 1 rings (SSSR count). The Kier molecular flexibility index (Phi) is 40.7. The van der Waals surface area contributed by atoms with Gasteiger partial charge in [-0.3, -0.25) is 4.79 Å². The van der Waals surface area contributed by atoms with Crippen LogP contribution in [0.25, 0.3) is 0 Å². The SMILES string of the molecule is CCCCCCC/C=C/C(O)C(COC1OC(CO)C(O)C(O)C1O)NC(=O)CCCCCCCCCCCCCCCCCCCCCCCCCCCCCCCCC. The van der Waals surface area contributed by atoms with Gasteiger partial charge in [0.2, 0.25) is 5.91 Å². The van der Waals surface area contributed by atoms with Gasteiger partial charge in [-0.1, -0.05) is 244 Å². The molecule has 0 bridgehead atoms. The molecular weight excluding hydrogens is 767 g/mol. The van der Waals surface area contributed by atoms with Crippen molar-refractivity contribution in [2.45, 2.75) is 301 Å². The van der Waals surface area contributed by atoms with Crippen molar-refractivity contribution in [1.82, 2.24) is 5.32 Å². The smallest absolute Gasteiger partial charge is 0.220 e. The van der Waals surface area contributed by atoms with E-state index in [9.17, 15) is 30.3 Å². The minimum absolute atomic E-state index is 0.176. The van der Waals surface area contributed by atoms with Gasteiger partial charge < -0.3 is 40.3 Å². The number of unbranched alkanes of at least 4 members (excludes halogenated alkanes) is 35. The summed E-state index contributed by atoms with van der Waals surface area (Å²) in [7, 11) is 0. The number of hydrogen-bond donors (Lipinski definition) is 6. The fourth-order valence-electron chi connectivity index (χ4n) is 8.63. The zero-order valence-electron chi connectivity index (χ0n) is 39.9. The predicted molar refractivity (Wildman–Crippen MR) is 254 cm³/mol. The van der Waals surface area contributed by atoms with Crippen LogP contribution in [0.2, 0.25) is 0 Å². The third kappa shape index (κ3) is 33.1. The Morgan fingerprint density at radius 1 is 0.541 bits per heavy atom. The Labute approximate surface area is 376 Å². The molecule has 0 saturated carbocycles. The largest absolute Gasteiger partial charge is 0.394 e. The number of allylic oxidation sites excluding steroid dienone is 1. The first kappa shape index (κ1) is 57.9. The van der Waals surface area contributed by atoms with Crippen LogP contribution in [-0.4, -0.2) is 87.5 Å². The summed E-state index contributed by atoms with van der Waals surface area (Å²) >= 11 is 0. The Bertz CT molecular complexity index is 966. The monoisotopic (exact) mass is 868 g/mol. The van der Waals surface area contributed by atoms with Gasteiger partial charge in [-0.2, -0.15) is 0 Å². The summed E-state index contributed by atoms with van der Waals surface area (Å²) in [5.41, 5.74) is 0. The van der Waals surface area contributed by atoms with Crippen molar-refractivity contribution in [2.24, 2.45) is 0 Å². The fraction of sp³-hybridized carbons (Fsp3) is 0.942. The van der Waals surface area contributed by atoms with Crippen molar-refractivity contribution in [3.05, 3.63) is 12.2 Å². The number of carbonyl (C=O) groups is 1. The molecule has 0 aromatic carbocycles. The molecule has 0 radical (unpaired) electrons. The molecule has 9 nitrogen and oxygen atoms in total. The van der Waals surface area contributed by atoms with Crippen molar-refractivity contribution < 1.29 is 39.8 Å². The maximum absolute atomic E-state index is 12.9. The van der Waals surface area contributed by atoms with Gasteiger partial charge in [-0.05, 0) is 19.3 Å². The first-order chi connectivity index (χ1) is 29.8. The standard InChI is InChI=1S/C52H101NO8/c1-3-5-7-9-11-12-13-14-15-16-17-18-19-20-21-22-23-24-25-26-27-28-29-30-31-32-33-34-36-38-40-42-48(56)53-45(46(55)41-39-37-35-10-8-6-4-2)44-60-52-51(59)50(58)49(57)47(43-54)61-52/h39,41,45-47,49-52,54-55,57-59H,3-38,40,42-44H2,1-2H3,(H,53,56)/b41-39+. The normalized spacial score (nSPS) is 20.4. The van der Waals surface area contributed by atoms with Gasteiger partial charge in [0, 0.05) is 6.42 Å². The molecule has 7 atom stereocenters. The Morgan fingerprint density at radius 3 is 1.28 bits per heavy atom. The van der Waals surface area contributed by atoms with Gasteiger partial charge >= 0.3 is 0 Å². The lowest BCUT2D eigenvalue weighted by Gasteiger charge is -2.40. The second-order valence-corrected chi connectivity index (χ2v) is 18.7. The average Bonchev–Trinajstić information content (AvgIpc) is 3.26. The van der Waals surface area contributed by atoms with Gasteiger partial charge in [0.25, 0.3) is 0 Å². The summed E-state index contributed by atoms with van der Waals surface area (Å²) in [4.78, 5) is 12.9. The van der Waals surface area contributed by atoms with Crippen molar-refractivity contribution in [1.29, 1.82) is 0 Å². The molecule has 1 aliphatic rings. The second-order valence-electron chi connectivity index (χ2n) is 18.7. The van der Waals surface area contributed by atoms with E-state index in [0.29, 0.717) is 6.42 Å². The van der Waals surface area contributed by atoms with Crippen LogP contribution in [-0.2, 0) is 14.3 Å².